The molecule has 0 unspecified atom stereocenters. The highest BCUT2D eigenvalue weighted by atomic mass is 32.1. The van der Waals surface area contributed by atoms with E-state index < -0.39 is 0 Å². The SMILES string of the molecule is Cc1ncc(CCNC(C2CC2)C2CC2)s1. The molecule has 0 amide bonds. The van der Waals surface area contributed by atoms with E-state index in [2.05, 4.69) is 17.2 Å². The Kier molecular flexibility index (Phi) is 2.99. The number of nitrogens with one attached hydrogen (secondary N) is 1. The zero-order valence-corrected chi connectivity index (χ0v) is 10.7. The molecule has 0 atom stereocenters. The molecule has 0 saturated heterocycles. The first-order chi connectivity index (χ1) is 7.83. The highest BCUT2D eigenvalue weighted by Gasteiger charge is 2.40. The van der Waals surface area contributed by atoms with Crippen molar-refractivity contribution >= 4 is 11.3 Å². The molecule has 2 aliphatic carbocycles. The van der Waals surface area contributed by atoms with Gasteiger partial charge < -0.3 is 5.32 Å². The van der Waals surface area contributed by atoms with Gasteiger partial charge in [0.1, 0.15) is 0 Å². The molecule has 1 aromatic rings. The standard InChI is InChI=1S/C13H20N2S/c1-9-15-8-12(16-9)6-7-14-13(10-2-3-10)11-4-5-11/h8,10-11,13-14H,2-7H2,1H3. The fraction of sp³-hybridized carbons (Fsp3) is 0.769. The summed E-state index contributed by atoms with van der Waals surface area (Å²) in [6, 6.07) is 0.842. The average molecular weight is 236 g/mol. The van der Waals surface area contributed by atoms with Gasteiger partial charge in [-0.25, -0.2) is 4.98 Å². The van der Waals surface area contributed by atoms with Crippen molar-refractivity contribution in [2.45, 2.75) is 45.1 Å². The fourth-order valence-electron chi connectivity index (χ4n) is 2.51. The molecule has 0 radical (unpaired) electrons. The second-order valence-electron chi connectivity index (χ2n) is 5.25. The third-order valence-corrected chi connectivity index (χ3v) is 4.65. The van der Waals surface area contributed by atoms with E-state index in [-0.39, 0.29) is 0 Å². The van der Waals surface area contributed by atoms with E-state index in [1.54, 1.807) is 0 Å². The maximum absolute atomic E-state index is 4.30. The first-order valence-corrected chi connectivity index (χ1v) is 7.29. The lowest BCUT2D eigenvalue weighted by Crippen LogP contribution is -2.34. The van der Waals surface area contributed by atoms with Crippen LogP contribution in [0.4, 0.5) is 0 Å². The van der Waals surface area contributed by atoms with E-state index >= 15 is 0 Å². The van der Waals surface area contributed by atoms with Crippen molar-refractivity contribution in [2.75, 3.05) is 6.54 Å². The third kappa shape index (κ3) is 2.64. The first kappa shape index (κ1) is 10.7. The molecule has 2 aliphatic rings. The molecule has 0 aromatic carbocycles. The zero-order valence-electron chi connectivity index (χ0n) is 9.91. The minimum Gasteiger partial charge on any atom is -0.313 e. The van der Waals surface area contributed by atoms with Crippen LogP contribution in [-0.2, 0) is 6.42 Å². The topological polar surface area (TPSA) is 24.9 Å². The largest absolute Gasteiger partial charge is 0.313 e. The van der Waals surface area contributed by atoms with E-state index in [4.69, 9.17) is 0 Å². The van der Waals surface area contributed by atoms with Crippen molar-refractivity contribution in [3.8, 4) is 0 Å². The van der Waals surface area contributed by atoms with E-state index in [1.165, 1.54) is 35.6 Å². The number of aryl methyl sites for hydroxylation is 1. The summed E-state index contributed by atoms with van der Waals surface area (Å²) in [5.41, 5.74) is 0. The van der Waals surface area contributed by atoms with Gasteiger partial charge in [-0.05, 0) is 50.9 Å². The number of aromatic nitrogens is 1. The maximum atomic E-state index is 4.30. The van der Waals surface area contributed by atoms with E-state index in [0.29, 0.717) is 0 Å². The summed E-state index contributed by atoms with van der Waals surface area (Å²) in [4.78, 5) is 5.73. The average Bonchev–Trinajstić information content (AvgIpc) is 3.15. The van der Waals surface area contributed by atoms with Crippen molar-refractivity contribution in [2.24, 2.45) is 11.8 Å². The highest BCUT2D eigenvalue weighted by Crippen LogP contribution is 2.44. The molecule has 2 saturated carbocycles. The van der Waals surface area contributed by atoms with Gasteiger partial charge in [0.05, 0.1) is 5.01 Å². The van der Waals surface area contributed by atoms with Crippen LogP contribution < -0.4 is 5.32 Å². The van der Waals surface area contributed by atoms with Crippen LogP contribution in [0.1, 0.15) is 35.6 Å². The Balaban J connectivity index is 1.44. The van der Waals surface area contributed by atoms with Crippen LogP contribution in [0.2, 0.25) is 0 Å². The molecular formula is C13H20N2S. The van der Waals surface area contributed by atoms with Crippen molar-refractivity contribution in [1.82, 2.24) is 10.3 Å². The number of nitrogens with zero attached hydrogens (tertiary/aromatic N) is 1. The summed E-state index contributed by atoms with van der Waals surface area (Å²) in [5, 5.41) is 4.97. The molecular weight excluding hydrogens is 216 g/mol. The molecule has 3 heteroatoms. The Labute approximate surface area is 101 Å². The van der Waals surface area contributed by atoms with Gasteiger partial charge in [0.2, 0.25) is 0 Å². The summed E-state index contributed by atoms with van der Waals surface area (Å²) >= 11 is 1.84. The van der Waals surface area contributed by atoms with Crippen molar-refractivity contribution in [3.05, 3.63) is 16.1 Å². The maximum Gasteiger partial charge on any atom is 0.0896 e. The van der Waals surface area contributed by atoms with Crippen molar-refractivity contribution < 1.29 is 0 Å². The Morgan fingerprint density at radius 1 is 1.38 bits per heavy atom. The smallest absolute Gasteiger partial charge is 0.0896 e. The van der Waals surface area contributed by atoms with Gasteiger partial charge in [0.15, 0.2) is 0 Å². The lowest BCUT2D eigenvalue weighted by Gasteiger charge is -2.17. The third-order valence-electron chi connectivity index (χ3n) is 3.68. The van der Waals surface area contributed by atoms with Gasteiger partial charge in [-0.1, -0.05) is 0 Å². The molecule has 2 nitrogen and oxygen atoms in total. The molecule has 0 spiro atoms. The second kappa shape index (κ2) is 4.46. The highest BCUT2D eigenvalue weighted by molar-refractivity contribution is 7.11. The molecule has 3 rings (SSSR count). The van der Waals surface area contributed by atoms with Gasteiger partial charge in [-0.3, -0.25) is 0 Å². The van der Waals surface area contributed by atoms with Crippen LogP contribution in [0.3, 0.4) is 0 Å². The Hall–Kier alpha value is -0.410. The Morgan fingerprint density at radius 2 is 2.06 bits per heavy atom. The lowest BCUT2D eigenvalue weighted by molar-refractivity contribution is 0.420. The van der Waals surface area contributed by atoms with Crippen LogP contribution in [0, 0.1) is 18.8 Å². The Bertz CT molecular complexity index is 341. The van der Waals surface area contributed by atoms with Crippen LogP contribution in [0.15, 0.2) is 6.20 Å². The van der Waals surface area contributed by atoms with Crippen LogP contribution >= 0.6 is 11.3 Å². The normalized spacial score (nSPS) is 20.6. The summed E-state index contributed by atoms with van der Waals surface area (Å²) in [6.07, 6.45) is 9.05. The Morgan fingerprint density at radius 3 is 2.56 bits per heavy atom. The minimum atomic E-state index is 0.842. The predicted octanol–water partition coefficient (Wildman–Crippen LogP) is 2.77. The molecule has 1 heterocycles. The van der Waals surface area contributed by atoms with E-state index in [1.807, 2.05) is 17.5 Å². The molecule has 1 N–H and O–H groups in total. The van der Waals surface area contributed by atoms with Crippen molar-refractivity contribution in [3.63, 3.8) is 0 Å². The van der Waals surface area contributed by atoms with Gasteiger partial charge in [0.25, 0.3) is 0 Å². The summed E-state index contributed by atoms with van der Waals surface area (Å²) in [5.74, 6) is 2.02. The number of hydrogen-bond donors (Lipinski definition) is 1. The monoisotopic (exact) mass is 236 g/mol. The number of rotatable bonds is 6. The molecule has 2 fully saturated rings. The van der Waals surface area contributed by atoms with Crippen LogP contribution in [0.25, 0.3) is 0 Å². The predicted molar refractivity (Wildman–Crippen MR) is 67.8 cm³/mol. The van der Waals surface area contributed by atoms with Crippen LogP contribution in [0.5, 0.6) is 0 Å². The molecule has 16 heavy (non-hydrogen) atoms. The molecule has 0 aliphatic heterocycles. The molecule has 88 valence electrons. The quantitative estimate of drug-likeness (QED) is 0.821. The zero-order chi connectivity index (χ0) is 11.0. The van der Waals surface area contributed by atoms with E-state index in [9.17, 15) is 0 Å². The van der Waals surface area contributed by atoms with Gasteiger partial charge in [-0.15, -0.1) is 11.3 Å². The summed E-state index contributed by atoms with van der Waals surface area (Å²) in [6.45, 7) is 3.22. The number of hydrogen-bond acceptors (Lipinski definition) is 3. The lowest BCUT2D eigenvalue weighted by atomic mass is 10.1. The minimum absolute atomic E-state index is 0.842. The van der Waals surface area contributed by atoms with Gasteiger partial charge >= 0.3 is 0 Å². The van der Waals surface area contributed by atoms with Crippen molar-refractivity contribution in [1.29, 1.82) is 0 Å². The molecule has 0 bridgehead atoms. The fourth-order valence-corrected chi connectivity index (χ4v) is 3.31. The molecule has 1 aromatic heterocycles. The van der Waals surface area contributed by atoms with Gasteiger partial charge in [-0.2, -0.15) is 0 Å². The van der Waals surface area contributed by atoms with Gasteiger partial charge in [0, 0.05) is 23.7 Å². The van der Waals surface area contributed by atoms with E-state index in [0.717, 1.165) is 30.8 Å². The summed E-state index contributed by atoms with van der Waals surface area (Å²) in [7, 11) is 0. The summed E-state index contributed by atoms with van der Waals surface area (Å²) < 4.78 is 0. The first-order valence-electron chi connectivity index (χ1n) is 6.47. The number of thiazole rings is 1. The van der Waals surface area contributed by atoms with Crippen LogP contribution in [-0.4, -0.2) is 17.6 Å². The second-order valence-corrected chi connectivity index (χ2v) is 6.57.